The van der Waals surface area contributed by atoms with Gasteiger partial charge in [0.2, 0.25) is 5.76 Å². The van der Waals surface area contributed by atoms with Crippen LogP contribution in [0.5, 0.6) is 0 Å². The van der Waals surface area contributed by atoms with Crippen LogP contribution in [-0.4, -0.2) is 26.8 Å². The van der Waals surface area contributed by atoms with Gasteiger partial charge in [0.25, 0.3) is 5.91 Å². The van der Waals surface area contributed by atoms with Crippen molar-refractivity contribution in [2.45, 2.75) is 6.92 Å². The number of anilines is 1. The van der Waals surface area contributed by atoms with E-state index in [1.54, 1.807) is 24.9 Å². The lowest BCUT2D eigenvalue weighted by Gasteiger charge is -1.99. The first-order valence-corrected chi connectivity index (χ1v) is 5.12. The molecular formula is C11H11N3O4. The molecular weight excluding hydrogens is 238 g/mol. The van der Waals surface area contributed by atoms with Crippen molar-refractivity contribution in [1.82, 2.24) is 9.78 Å². The fourth-order valence-corrected chi connectivity index (χ4v) is 1.48. The highest BCUT2D eigenvalue weighted by Gasteiger charge is 2.16. The maximum Gasteiger partial charge on any atom is 0.371 e. The smallest absolute Gasteiger partial charge is 0.371 e. The number of rotatable bonds is 3. The Kier molecular flexibility index (Phi) is 2.88. The number of carbonyl (C=O) groups is 2. The van der Waals surface area contributed by atoms with Gasteiger partial charge in [-0.15, -0.1) is 0 Å². The minimum absolute atomic E-state index is 0.0596. The van der Waals surface area contributed by atoms with Crippen LogP contribution in [0.15, 0.2) is 22.7 Å². The number of carboxylic acid groups (broad SMARTS) is 1. The average molecular weight is 249 g/mol. The quantitative estimate of drug-likeness (QED) is 0.853. The third-order valence-electron chi connectivity index (χ3n) is 2.30. The Morgan fingerprint density at radius 3 is 2.56 bits per heavy atom. The molecule has 0 atom stereocenters. The van der Waals surface area contributed by atoms with E-state index in [0.29, 0.717) is 11.4 Å². The van der Waals surface area contributed by atoms with Crippen molar-refractivity contribution in [1.29, 1.82) is 0 Å². The van der Waals surface area contributed by atoms with Gasteiger partial charge >= 0.3 is 5.97 Å². The predicted octanol–water partition coefficient (Wildman–Crippen LogP) is 1.27. The largest absolute Gasteiger partial charge is 0.475 e. The van der Waals surface area contributed by atoms with Crippen molar-refractivity contribution in [3.63, 3.8) is 0 Å². The van der Waals surface area contributed by atoms with Crippen LogP contribution >= 0.6 is 0 Å². The average Bonchev–Trinajstić information content (AvgIpc) is 2.86. The van der Waals surface area contributed by atoms with Crippen LogP contribution in [0, 0.1) is 6.92 Å². The van der Waals surface area contributed by atoms with Gasteiger partial charge in [0.05, 0.1) is 11.4 Å². The van der Waals surface area contributed by atoms with Crippen molar-refractivity contribution in [2.75, 3.05) is 5.32 Å². The molecule has 2 heterocycles. The van der Waals surface area contributed by atoms with Crippen molar-refractivity contribution in [3.05, 3.63) is 35.5 Å². The van der Waals surface area contributed by atoms with E-state index in [-0.39, 0.29) is 11.5 Å². The Morgan fingerprint density at radius 1 is 1.39 bits per heavy atom. The normalized spacial score (nSPS) is 10.3. The number of hydrogen-bond donors (Lipinski definition) is 2. The Labute approximate surface area is 102 Å². The number of carbonyl (C=O) groups excluding carboxylic acids is 1. The number of furan rings is 1. The highest BCUT2D eigenvalue weighted by atomic mass is 16.4. The topological polar surface area (TPSA) is 97.4 Å². The lowest BCUT2D eigenvalue weighted by molar-refractivity contribution is 0.0660. The number of aromatic nitrogens is 2. The number of carboxylic acids is 1. The van der Waals surface area contributed by atoms with Crippen LogP contribution in [0.25, 0.3) is 0 Å². The van der Waals surface area contributed by atoms with Crippen LogP contribution in [0.2, 0.25) is 0 Å². The summed E-state index contributed by atoms with van der Waals surface area (Å²) in [7, 11) is 1.73. The van der Waals surface area contributed by atoms with Gasteiger partial charge in [0, 0.05) is 13.2 Å². The summed E-state index contributed by atoms with van der Waals surface area (Å²) in [6.45, 7) is 1.75. The summed E-state index contributed by atoms with van der Waals surface area (Å²) in [5, 5.41) is 15.3. The summed E-state index contributed by atoms with van der Waals surface area (Å²) < 4.78 is 6.45. The number of amides is 1. The Balaban J connectivity index is 2.16. The highest BCUT2D eigenvalue weighted by molar-refractivity contribution is 6.03. The molecule has 7 heteroatoms. The Hall–Kier alpha value is -2.57. The first-order valence-electron chi connectivity index (χ1n) is 5.12. The van der Waals surface area contributed by atoms with Crippen molar-refractivity contribution in [3.8, 4) is 0 Å². The molecule has 0 aromatic carbocycles. The van der Waals surface area contributed by atoms with E-state index in [9.17, 15) is 9.59 Å². The molecule has 18 heavy (non-hydrogen) atoms. The summed E-state index contributed by atoms with van der Waals surface area (Å²) in [6.07, 6.45) is 1.65. The molecule has 0 bridgehead atoms. The molecule has 0 fully saturated rings. The van der Waals surface area contributed by atoms with Gasteiger partial charge < -0.3 is 14.8 Å². The molecule has 7 nitrogen and oxygen atoms in total. The monoisotopic (exact) mass is 249 g/mol. The van der Waals surface area contributed by atoms with Gasteiger partial charge in [-0.25, -0.2) is 4.79 Å². The molecule has 0 unspecified atom stereocenters. The van der Waals surface area contributed by atoms with E-state index in [4.69, 9.17) is 9.52 Å². The van der Waals surface area contributed by atoms with Gasteiger partial charge in [-0.05, 0) is 19.1 Å². The zero-order chi connectivity index (χ0) is 13.3. The summed E-state index contributed by atoms with van der Waals surface area (Å²) in [4.78, 5) is 22.4. The van der Waals surface area contributed by atoms with E-state index in [0.717, 1.165) is 0 Å². The van der Waals surface area contributed by atoms with E-state index < -0.39 is 11.9 Å². The van der Waals surface area contributed by atoms with Crippen molar-refractivity contribution in [2.24, 2.45) is 7.05 Å². The van der Waals surface area contributed by atoms with Crippen molar-refractivity contribution < 1.29 is 19.1 Å². The third kappa shape index (κ3) is 2.24. The van der Waals surface area contributed by atoms with Crippen LogP contribution in [0.4, 0.5) is 5.69 Å². The van der Waals surface area contributed by atoms with E-state index in [1.165, 1.54) is 12.1 Å². The molecule has 2 N–H and O–H groups in total. The van der Waals surface area contributed by atoms with E-state index >= 15 is 0 Å². The van der Waals surface area contributed by atoms with E-state index in [1.807, 2.05) is 0 Å². The SMILES string of the molecule is Cc1nn(C)cc1NC(=O)c1ccc(C(=O)O)o1. The van der Waals surface area contributed by atoms with E-state index in [2.05, 4.69) is 10.4 Å². The molecule has 0 spiro atoms. The molecule has 0 saturated heterocycles. The molecule has 2 aromatic rings. The van der Waals surface area contributed by atoms with Crippen molar-refractivity contribution >= 4 is 17.6 Å². The first kappa shape index (κ1) is 11.9. The maximum absolute atomic E-state index is 11.8. The van der Waals surface area contributed by atoms with Crippen LogP contribution < -0.4 is 5.32 Å². The van der Waals surface area contributed by atoms with Gasteiger partial charge in [-0.2, -0.15) is 5.10 Å². The second-order valence-electron chi connectivity index (χ2n) is 3.73. The lowest BCUT2D eigenvalue weighted by Crippen LogP contribution is -2.11. The predicted molar refractivity (Wildman–Crippen MR) is 61.6 cm³/mol. The first-order chi connectivity index (χ1) is 8.47. The van der Waals surface area contributed by atoms with Gasteiger partial charge in [-0.1, -0.05) is 0 Å². The minimum atomic E-state index is -1.22. The second-order valence-corrected chi connectivity index (χ2v) is 3.73. The minimum Gasteiger partial charge on any atom is -0.475 e. The zero-order valence-corrected chi connectivity index (χ0v) is 9.80. The number of nitrogens with one attached hydrogen (secondary N) is 1. The van der Waals surface area contributed by atoms with Gasteiger partial charge in [0.15, 0.2) is 5.76 Å². The van der Waals surface area contributed by atoms with Gasteiger partial charge in [0.1, 0.15) is 0 Å². The summed E-state index contributed by atoms with van der Waals surface area (Å²) in [5.41, 5.74) is 1.21. The molecule has 0 aliphatic carbocycles. The fraction of sp³-hybridized carbons (Fsp3) is 0.182. The number of nitrogens with zero attached hydrogens (tertiary/aromatic N) is 2. The summed E-state index contributed by atoms with van der Waals surface area (Å²) in [6, 6.07) is 2.54. The van der Waals surface area contributed by atoms with Crippen LogP contribution in [0.3, 0.4) is 0 Å². The van der Waals surface area contributed by atoms with Crippen LogP contribution in [0.1, 0.15) is 26.8 Å². The Bertz CT molecular complexity index is 612. The molecule has 0 aliphatic rings. The zero-order valence-electron chi connectivity index (χ0n) is 9.80. The summed E-state index contributed by atoms with van der Waals surface area (Å²) in [5.74, 6) is -2.07. The van der Waals surface area contributed by atoms with Crippen LogP contribution in [-0.2, 0) is 7.05 Å². The maximum atomic E-state index is 11.8. The molecule has 94 valence electrons. The number of hydrogen-bond acceptors (Lipinski definition) is 4. The number of aromatic carboxylic acids is 1. The molecule has 0 radical (unpaired) electrons. The second kappa shape index (κ2) is 4.36. The third-order valence-corrected chi connectivity index (χ3v) is 2.30. The summed E-state index contributed by atoms with van der Waals surface area (Å²) >= 11 is 0. The molecule has 0 aliphatic heterocycles. The fourth-order valence-electron chi connectivity index (χ4n) is 1.48. The molecule has 2 rings (SSSR count). The lowest BCUT2D eigenvalue weighted by atomic mass is 10.3. The molecule has 1 amide bonds. The Morgan fingerprint density at radius 2 is 2.06 bits per heavy atom. The number of aryl methyl sites for hydroxylation is 2. The van der Waals surface area contributed by atoms with Gasteiger partial charge in [-0.3, -0.25) is 9.48 Å². The molecule has 0 saturated carbocycles. The highest BCUT2D eigenvalue weighted by Crippen LogP contribution is 2.14. The standard InChI is InChI=1S/C11H11N3O4/c1-6-7(5-14(2)13-6)12-10(15)8-3-4-9(18-8)11(16)17/h3-5H,1-2H3,(H,12,15)(H,16,17). The molecule has 2 aromatic heterocycles.